The predicted octanol–water partition coefficient (Wildman–Crippen LogP) is 4.24. The summed E-state index contributed by atoms with van der Waals surface area (Å²) in [5.41, 5.74) is 0.654. The van der Waals surface area contributed by atoms with E-state index in [1.165, 1.54) is 0 Å². The van der Waals surface area contributed by atoms with Gasteiger partial charge in [-0.15, -0.1) is 0 Å². The molecule has 0 N–H and O–H groups in total. The Balaban J connectivity index is 1.77. The van der Waals surface area contributed by atoms with Gasteiger partial charge in [-0.2, -0.15) is 0 Å². The molecular weight excluding hydrogens is 352 g/mol. The normalized spacial score (nSPS) is 14.4. The molecule has 1 saturated carbocycles. The Labute approximate surface area is 167 Å². The smallest absolute Gasteiger partial charge is 0.242 e. The van der Waals surface area contributed by atoms with Gasteiger partial charge in [0.1, 0.15) is 12.3 Å². The highest BCUT2D eigenvalue weighted by molar-refractivity contribution is 5.87. The van der Waals surface area contributed by atoms with Crippen molar-refractivity contribution in [3.63, 3.8) is 0 Å². The summed E-state index contributed by atoms with van der Waals surface area (Å²) < 4.78 is 5.46. The Morgan fingerprint density at radius 2 is 1.75 bits per heavy atom. The van der Waals surface area contributed by atoms with Crippen molar-refractivity contribution in [2.75, 3.05) is 6.54 Å². The minimum atomic E-state index is -0.397. The molecule has 0 atom stereocenters. The van der Waals surface area contributed by atoms with E-state index in [2.05, 4.69) is 0 Å². The average molecular weight is 383 g/mol. The van der Waals surface area contributed by atoms with Crippen molar-refractivity contribution in [1.82, 2.24) is 9.80 Å². The topological polar surface area (TPSA) is 53.8 Å². The number of nitrogens with zero attached hydrogens (tertiary/aromatic N) is 2. The van der Waals surface area contributed by atoms with Gasteiger partial charge in [0.15, 0.2) is 0 Å². The fourth-order valence-corrected chi connectivity index (χ4v) is 3.38. The second kappa shape index (κ2) is 8.63. The predicted molar refractivity (Wildman–Crippen MR) is 108 cm³/mol. The van der Waals surface area contributed by atoms with E-state index in [0.717, 1.165) is 30.6 Å². The first kappa shape index (κ1) is 20.2. The molecule has 3 rings (SSSR count). The highest BCUT2D eigenvalue weighted by Crippen LogP contribution is 2.30. The van der Waals surface area contributed by atoms with Gasteiger partial charge >= 0.3 is 0 Å². The van der Waals surface area contributed by atoms with E-state index in [1.54, 1.807) is 16.1 Å². The molecule has 150 valence electrons. The summed E-state index contributed by atoms with van der Waals surface area (Å²) in [6.45, 7) is 6.93. The summed E-state index contributed by atoms with van der Waals surface area (Å²) in [5, 5.41) is 0. The molecule has 1 aromatic carbocycles. The zero-order valence-corrected chi connectivity index (χ0v) is 17.1. The monoisotopic (exact) mass is 382 g/mol. The molecule has 1 heterocycles. The van der Waals surface area contributed by atoms with Gasteiger partial charge < -0.3 is 14.2 Å². The quantitative estimate of drug-likeness (QED) is 0.720. The molecule has 28 heavy (non-hydrogen) atoms. The summed E-state index contributed by atoms with van der Waals surface area (Å²) in [4.78, 5) is 29.7. The first-order valence-corrected chi connectivity index (χ1v) is 10.00. The van der Waals surface area contributed by atoms with Gasteiger partial charge in [0.05, 0.1) is 12.8 Å². The van der Waals surface area contributed by atoms with Crippen LogP contribution in [-0.2, 0) is 22.7 Å². The third-order valence-electron chi connectivity index (χ3n) is 5.32. The van der Waals surface area contributed by atoms with E-state index in [9.17, 15) is 9.59 Å². The maximum atomic E-state index is 13.3. The van der Waals surface area contributed by atoms with Crippen LogP contribution >= 0.6 is 0 Å². The Hall–Kier alpha value is -2.56. The molecule has 1 aliphatic carbocycles. The van der Waals surface area contributed by atoms with Crippen molar-refractivity contribution in [2.24, 2.45) is 5.92 Å². The molecule has 5 heteroatoms. The van der Waals surface area contributed by atoms with Crippen LogP contribution in [0.1, 0.15) is 51.4 Å². The van der Waals surface area contributed by atoms with Crippen molar-refractivity contribution in [2.45, 2.75) is 58.7 Å². The molecule has 0 spiro atoms. The van der Waals surface area contributed by atoms with Crippen LogP contribution in [-0.4, -0.2) is 33.7 Å². The lowest BCUT2D eigenvalue weighted by Gasteiger charge is -2.40. The number of rotatable bonds is 7. The largest absolute Gasteiger partial charge is 0.467 e. The molecule has 1 aliphatic rings. The molecular formula is C23H30N2O3. The van der Waals surface area contributed by atoms with Crippen LogP contribution in [0.15, 0.2) is 53.1 Å². The van der Waals surface area contributed by atoms with Crippen molar-refractivity contribution in [3.05, 3.63) is 60.1 Å². The van der Waals surface area contributed by atoms with Gasteiger partial charge in [0.25, 0.3) is 0 Å². The second-order valence-electron chi connectivity index (χ2n) is 8.54. The number of carbonyl (C=O) groups excluding carboxylic acids is 2. The average Bonchev–Trinajstić information content (AvgIpc) is 3.10. The molecule has 0 saturated heterocycles. The number of hydrogen-bond acceptors (Lipinski definition) is 3. The third kappa shape index (κ3) is 5.03. The van der Waals surface area contributed by atoms with Crippen LogP contribution < -0.4 is 0 Å². The molecule has 2 amide bonds. The Morgan fingerprint density at radius 1 is 1.04 bits per heavy atom. The maximum Gasteiger partial charge on any atom is 0.242 e. The van der Waals surface area contributed by atoms with Gasteiger partial charge in [0.2, 0.25) is 11.8 Å². The van der Waals surface area contributed by atoms with Gasteiger partial charge in [-0.3, -0.25) is 9.59 Å². The number of amides is 2. The molecule has 1 fully saturated rings. The lowest BCUT2D eigenvalue weighted by molar-refractivity contribution is -0.150. The number of benzene rings is 1. The molecule has 1 aromatic heterocycles. The SMILES string of the molecule is CC(C)(C)N(CC(=O)N(Cc1ccccc1)Cc1ccco1)C(=O)C1CCC1. The Bertz CT molecular complexity index is 774. The summed E-state index contributed by atoms with van der Waals surface area (Å²) in [6.07, 6.45) is 4.57. The zero-order valence-electron chi connectivity index (χ0n) is 17.1. The molecule has 0 unspecified atom stereocenters. The zero-order chi connectivity index (χ0) is 20.1. The highest BCUT2D eigenvalue weighted by Gasteiger charge is 2.36. The fourth-order valence-electron chi connectivity index (χ4n) is 3.38. The number of furan rings is 1. The van der Waals surface area contributed by atoms with Gasteiger partial charge in [-0.25, -0.2) is 0 Å². The van der Waals surface area contributed by atoms with E-state index in [0.29, 0.717) is 13.1 Å². The standard InChI is InChI=1S/C23H30N2O3/c1-23(2,3)25(22(27)19-11-7-12-19)17-21(26)24(16-20-13-8-14-28-20)15-18-9-5-4-6-10-18/h4-6,8-10,13-14,19H,7,11-12,15-17H2,1-3H3. The van der Waals surface area contributed by atoms with Crippen molar-refractivity contribution < 1.29 is 14.0 Å². The number of carbonyl (C=O) groups is 2. The van der Waals surface area contributed by atoms with Crippen LogP contribution in [0.4, 0.5) is 0 Å². The summed E-state index contributed by atoms with van der Waals surface area (Å²) in [6, 6.07) is 13.6. The van der Waals surface area contributed by atoms with E-state index in [-0.39, 0.29) is 24.3 Å². The molecule has 0 aliphatic heterocycles. The maximum absolute atomic E-state index is 13.3. The second-order valence-corrected chi connectivity index (χ2v) is 8.54. The lowest BCUT2D eigenvalue weighted by atomic mass is 9.83. The Morgan fingerprint density at radius 3 is 2.29 bits per heavy atom. The van der Waals surface area contributed by atoms with Crippen LogP contribution in [0, 0.1) is 5.92 Å². The summed E-state index contributed by atoms with van der Waals surface area (Å²) >= 11 is 0. The molecule has 0 bridgehead atoms. The van der Waals surface area contributed by atoms with E-state index in [4.69, 9.17) is 4.42 Å². The minimum absolute atomic E-state index is 0.0668. The van der Waals surface area contributed by atoms with Crippen LogP contribution in [0.5, 0.6) is 0 Å². The van der Waals surface area contributed by atoms with E-state index in [1.807, 2.05) is 63.2 Å². The van der Waals surface area contributed by atoms with Crippen molar-refractivity contribution in [1.29, 1.82) is 0 Å². The summed E-state index contributed by atoms with van der Waals surface area (Å²) in [5.74, 6) is 0.837. The molecule has 2 aromatic rings. The first-order valence-electron chi connectivity index (χ1n) is 10.00. The first-order chi connectivity index (χ1) is 13.3. The van der Waals surface area contributed by atoms with Gasteiger partial charge in [-0.1, -0.05) is 36.8 Å². The van der Waals surface area contributed by atoms with Crippen molar-refractivity contribution >= 4 is 11.8 Å². The van der Waals surface area contributed by atoms with Crippen LogP contribution in [0.3, 0.4) is 0 Å². The summed E-state index contributed by atoms with van der Waals surface area (Å²) in [7, 11) is 0. The van der Waals surface area contributed by atoms with Crippen LogP contribution in [0.25, 0.3) is 0 Å². The molecule has 5 nitrogen and oxygen atoms in total. The van der Waals surface area contributed by atoms with E-state index >= 15 is 0 Å². The lowest BCUT2D eigenvalue weighted by Crippen LogP contribution is -2.53. The van der Waals surface area contributed by atoms with Crippen molar-refractivity contribution in [3.8, 4) is 0 Å². The van der Waals surface area contributed by atoms with Crippen LogP contribution in [0.2, 0.25) is 0 Å². The number of hydrogen-bond donors (Lipinski definition) is 0. The third-order valence-corrected chi connectivity index (χ3v) is 5.32. The van der Waals surface area contributed by atoms with Gasteiger partial charge in [0, 0.05) is 18.0 Å². The van der Waals surface area contributed by atoms with E-state index < -0.39 is 5.54 Å². The fraction of sp³-hybridized carbons (Fsp3) is 0.478. The molecule has 0 radical (unpaired) electrons. The Kier molecular flexibility index (Phi) is 6.22. The van der Waals surface area contributed by atoms with Gasteiger partial charge in [-0.05, 0) is 51.3 Å². The highest BCUT2D eigenvalue weighted by atomic mass is 16.3. The minimum Gasteiger partial charge on any atom is -0.467 e.